The summed E-state index contributed by atoms with van der Waals surface area (Å²) in [6.45, 7) is 5.16. The van der Waals surface area contributed by atoms with Crippen molar-refractivity contribution in [3.05, 3.63) is 0 Å². The largest absolute Gasteiger partial charge is 0.396 e. The minimum atomic E-state index is 0.00587. The fourth-order valence-corrected chi connectivity index (χ4v) is 3.55. The predicted octanol–water partition coefficient (Wildman–Crippen LogP) is 1.90. The Morgan fingerprint density at radius 2 is 2.12 bits per heavy atom. The SMILES string of the molecule is CC1CCCCC1N(C)CC1(CO)CCOC1. The summed E-state index contributed by atoms with van der Waals surface area (Å²) in [5.74, 6) is 0.798. The van der Waals surface area contributed by atoms with Gasteiger partial charge in [0.15, 0.2) is 0 Å². The van der Waals surface area contributed by atoms with Crippen LogP contribution in [0.5, 0.6) is 0 Å². The Bertz CT molecular complexity index is 238. The van der Waals surface area contributed by atoms with E-state index in [1.165, 1.54) is 25.7 Å². The molecule has 0 aromatic carbocycles. The molecule has 0 spiro atoms. The standard InChI is InChI=1S/C14H27NO2/c1-12-5-3-4-6-13(12)15(2)9-14(10-16)7-8-17-11-14/h12-13,16H,3-11H2,1-2H3. The zero-order valence-corrected chi connectivity index (χ0v) is 11.3. The number of nitrogens with zero attached hydrogens (tertiary/aromatic N) is 1. The quantitative estimate of drug-likeness (QED) is 0.816. The van der Waals surface area contributed by atoms with E-state index in [1.807, 2.05) is 0 Å². The van der Waals surface area contributed by atoms with Gasteiger partial charge in [0.1, 0.15) is 0 Å². The zero-order valence-electron chi connectivity index (χ0n) is 11.3. The van der Waals surface area contributed by atoms with Crippen LogP contribution in [0.25, 0.3) is 0 Å². The van der Waals surface area contributed by atoms with Crippen molar-refractivity contribution in [1.82, 2.24) is 4.90 Å². The van der Waals surface area contributed by atoms with Gasteiger partial charge in [-0.3, -0.25) is 0 Å². The van der Waals surface area contributed by atoms with E-state index in [4.69, 9.17) is 4.74 Å². The summed E-state index contributed by atoms with van der Waals surface area (Å²) in [5.41, 5.74) is 0.00587. The molecule has 0 aromatic rings. The zero-order chi connectivity index (χ0) is 12.3. The van der Waals surface area contributed by atoms with Crippen molar-refractivity contribution in [1.29, 1.82) is 0 Å². The minimum absolute atomic E-state index is 0.00587. The fourth-order valence-electron chi connectivity index (χ4n) is 3.55. The Balaban J connectivity index is 1.92. The lowest BCUT2D eigenvalue weighted by molar-refractivity contribution is 0.0339. The smallest absolute Gasteiger partial charge is 0.0557 e. The molecule has 2 rings (SSSR count). The van der Waals surface area contributed by atoms with Crippen LogP contribution in [0.2, 0.25) is 0 Å². The van der Waals surface area contributed by atoms with Crippen LogP contribution in [0.4, 0.5) is 0 Å². The van der Waals surface area contributed by atoms with Gasteiger partial charge in [0.2, 0.25) is 0 Å². The molecular formula is C14H27NO2. The van der Waals surface area contributed by atoms with Gasteiger partial charge < -0.3 is 14.7 Å². The topological polar surface area (TPSA) is 32.7 Å². The van der Waals surface area contributed by atoms with E-state index in [2.05, 4.69) is 18.9 Å². The normalized spacial score (nSPS) is 38.8. The number of aliphatic hydroxyl groups is 1. The molecule has 0 radical (unpaired) electrons. The molecule has 1 N–H and O–H groups in total. The summed E-state index contributed by atoms with van der Waals surface area (Å²) in [6, 6.07) is 0.702. The Morgan fingerprint density at radius 1 is 1.35 bits per heavy atom. The second-order valence-corrected chi connectivity index (χ2v) is 6.20. The summed E-state index contributed by atoms with van der Waals surface area (Å²) < 4.78 is 5.48. The third-order valence-electron chi connectivity index (χ3n) is 4.74. The molecule has 3 atom stereocenters. The molecular weight excluding hydrogens is 214 g/mol. The van der Waals surface area contributed by atoms with Crippen molar-refractivity contribution >= 4 is 0 Å². The van der Waals surface area contributed by atoms with Gasteiger partial charge in [-0.05, 0) is 32.2 Å². The van der Waals surface area contributed by atoms with Crippen molar-refractivity contribution < 1.29 is 9.84 Å². The lowest BCUT2D eigenvalue weighted by Crippen LogP contribution is -2.46. The van der Waals surface area contributed by atoms with Crippen LogP contribution in [0, 0.1) is 11.3 Å². The van der Waals surface area contributed by atoms with E-state index in [-0.39, 0.29) is 12.0 Å². The molecule has 1 heterocycles. The highest BCUT2D eigenvalue weighted by atomic mass is 16.5. The van der Waals surface area contributed by atoms with Crippen LogP contribution in [0.1, 0.15) is 39.0 Å². The maximum absolute atomic E-state index is 9.62. The van der Waals surface area contributed by atoms with Gasteiger partial charge in [0, 0.05) is 24.6 Å². The van der Waals surface area contributed by atoms with Gasteiger partial charge in [-0.1, -0.05) is 19.8 Å². The van der Waals surface area contributed by atoms with Gasteiger partial charge in [0.25, 0.3) is 0 Å². The maximum atomic E-state index is 9.62. The Labute approximate surface area is 105 Å². The molecule has 2 fully saturated rings. The van der Waals surface area contributed by atoms with Gasteiger partial charge in [-0.15, -0.1) is 0 Å². The molecule has 3 nitrogen and oxygen atoms in total. The van der Waals surface area contributed by atoms with Crippen LogP contribution in [0.3, 0.4) is 0 Å². The van der Waals surface area contributed by atoms with Gasteiger partial charge in [-0.2, -0.15) is 0 Å². The Morgan fingerprint density at radius 3 is 2.71 bits per heavy atom. The third kappa shape index (κ3) is 3.01. The van der Waals surface area contributed by atoms with Gasteiger partial charge >= 0.3 is 0 Å². The summed E-state index contributed by atoms with van der Waals surface area (Å²) in [5, 5.41) is 9.62. The monoisotopic (exact) mass is 241 g/mol. The average molecular weight is 241 g/mol. The highest BCUT2D eigenvalue weighted by molar-refractivity contribution is 4.88. The summed E-state index contributed by atoms with van der Waals surface area (Å²) >= 11 is 0. The van der Waals surface area contributed by atoms with E-state index in [1.54, 1.807) is 0 Å². The first kappa shape index (κ1) is 13.3. The highest BCUT2D eigenvalue weighted by Gasteiger charge is 2.37. The molecule has 17 heavy (non-hydrogen) atoms. The van der Waals surface area contributed by atoms with E-state index in [9.17, 15) is 5.11 Å². The average Bonchev–Trinajstić information content (AvgIpc) is 2.79. The summed E-state index contributed by atoms with van der Waals surface area (Å²) in [7, 11) is 2.22. The van der Waals surface area contributed by atoms with Crippen LogP contribution in [0.15, 0.2) is 0 Å². The second-order valence-electron chi connectivity index (χ2n) is 6.20. The minimum Gasteiger partial charge on any atom is -0.396 e. The lowest BCUT2D eigenvalue weighted by atomic mass is 9.82. The number of aliphatic hydroxyl groups excluding tert-OH is 1. The van der Waals surface area contributed by atoms with Crippen LogP contribution < -0.4 is 0 Å². The number of ether oxygens (including phenoxy) is 1. The third-order valence-corrected chi connectivity index (χ3v) is 4.74. The van der Waals surface area contributed by atoms with Crippen LogP contribution >= 0.6 is 0 Å². The molecule has 1 aliphatic carbocycles. The van der Waals surface area contributed by atoms with Crippen molar-refractivity contribution in [2.24, 2.45) is 11.3 Å². The Hall–Kier alpha value is -0.120. The van der Waals surface area contributed by atoms with Gasteiger partial charge in [0.05, 0.1) is 13.2 Å². The molecule has 2 aliphatic rings. The lowest BCUT2D eigenvalue weighted by Gasteiger charge is -2.40. The van der Waals surface area contributed by atoms with E-state index in [0.29, 0.717) is 6.04 Å². The maximum Gasteiger partial charge on any atom is 0.0557 e. The van der Waals surface area contributed by atoms with E-state index >= 15 is 0 Å². The fraction of sp³-hybridized carbons (Fsp3) is 1.00. The molecule has 1 saturated heterocycles. The van der Waals surface area contributed by atoms with Crippen molar-refractivity contribution in [3.63, 3.8) is 0 Å². The van der Waals surface area contributed by atoms with Crippen molar-refractivity contribution in [2.75, 3.05) is 33.4 Å². The van der Waals surface area contributed by atoms with Crippen LogP contribution in [-0.2, 0) is 4.74 Å². The number of hydrogen-bond donors (Lipinski definition) is 1. The first-order valence-corrected chi connectivity index (χ1v) is 7.06. The molecule has 0 bridgehead atoms. The molecule has 0 amide bonds. The first-order chi connectivity index (χ1) is 8.17. The highest BCUT2D eigenvalue weighted by Crippen LogP contribution is 2.33. The van der Waals surface area contributed by atoms with E-state index < -0.39 is 0 Å². The molecule has 100 valence electrons. The molecule has 1 aliphatic heterocycles. The summed E-state index contributed by atoms with van der Waals surface area (Å²) in [6.07, 6.45) is 6.44. The van der Waals surface area contributed by atoms with Gasteiger partial charge in [-0.25, -0.2) is 0 Å². The van der Waals surface area contributed by atoms with E-state index in [0.717, 1.165) is 32.1 Å². The predicted molar refractivity (Wildman–Crippen MR) is 69.0 cm³/mol. The summed E-state index contributed by atoms with van der Waals surface area (Å²) in [4.78, 5) is 2.48. The van der Waals surface area contributed by atoms with Crippen molar-refractivity contribution in [2.45, 2.75) is 45.1 Å². The molecule has 0 aromatic heterocycles. The molecule has 3 heteroatoms. The molecule has 1 saturated carbocycles. The second kappa shape index (κ2) is 5.68. The number of hydrogen-bond acceptors (Lipinski definition) is 3. The Kier molecular flexibility index (Phi) is 4.45. The van der Waals surface area contributed by atoms with Crippen LogP contribution in [-0.4, -0.2) is 49.5 Å². The first-order valence-electron chi connectivity index (χ1n) is 7.06. The van der Waals surface area contributed by atoms with Crippen molar-refractivity contribution in [3.8, 4) is 0 Å². The number of rotatable bonds is 4. The molecule has 3 unspecified atom stereocenters.